The highest BCUT2D eigenvalue weighted by molar-refractivity contribution is 6.32. The Kier molecular flexibility index (Phi) is 5.23. The molecule has 1 atom stereocenters. The summed E-state index contributed by atoms with van der Waals surface area (Å²) in [5.74, 6) is -0.231. The van der Waals surface area contributed by atoms with E-state index in [9.17, 15) is 4.79 Å². The van der Waals surface area contributed by atoms with Crippen molar-refractivity contribution in [2.24, 2.45) is 0 Å². The zero-order chi connectivity index (χ0) is 13.7. The highest BCUT2D eigenvalue weighted by Crippen LogP contribution is 2.21. The lowest BCUT2D eigenvalue weighted by molar-refractivity contribution is -0.143. The number of aryl methyl sites for hydroxylation is 1. The van der Waals surface area contributed by atoms with E-state index in [0.717, 1.165) is 37.0 Å². The van der Waals surface area contributed by atoms with E-state index in [2.05, 4.69) is 0 Å². The van der Waals surface area contributed by atoms with E-state index in [4.69, 9.17) is 21.1 Å². The monoisotopic (exact) mass is 282 g/mol. The zero-order valence-electron chi connectivity index (χ0n) is 11.2. The molecule has 1 saturated heterocycles. The van der Waals surface area contributed by atoms with Crippen molar-refractivity contribution in [3.05, 3.63) is 34.3 Å². The minimum atomic E-state index is -0.231. The van der Waals surface area contributed by atoms with Crippen LogP contribution in [-0.2, 0) is 20.7 Å². The van der Waals surface area contributed by atoms with Crippen LogP contribution in [-0.4, -0.2) is 25.3 Å². The fraction of sp³-hybridized carbons (Fsp3) is 0.533. The van der Waals surface area contributed by atoms with Crippen molar-refractivity contribution in [3.8, 4) is 0 Å². The van der Waals surface area contributed by atoms with Crippen molar-refractivity contribution >= 4 is 17.6 Å². The van der Waals surface area contributed by atoms with E-state index in [-0.39, 0.29) is 18.5 Å². The summed E-state index contributed by atoms with van der Waals surface area (Å²) in [5.41, 5.74) is 1.80. The first-order chi connectivity index (χ1) is 9.16. The molecular weight excluding hydrogens is 264 g/mol. The fourth-order valence-corrected chi connectivity index (χ4v) is 2.42. The van der Waals surface area contributed by atoms with Crippen molar-refractivity contribution < 1.29 is 14.3 Å². The summed E-state index contributed by atoms with van der Waals surface area (Å²) < 4.78 is 10.7. The lowest BCUT2D eigenvalue weighted by atomic mass is 10.1. The zero-order valence-corrected chi connectivity index (χ0v) is 11.9. The molecule has 0 radical (unpaired) electrons. The van der Waals surface area contributed by atoms with Crippen LogP contribution in [0.3, 0.4) is 0 Å². The van der Waals surface area contributed by atoms with E-state index in [1.807, 2.05) is 25.1 Å². The molecule has 19 heavy (non-hydrogen) atoms. The maximum absolute atomic E-state index is 11.7. The Morgan fingerprint density at radius 3 is 3.11 bits per heavy atom. The molecule has 0 N–H and O–H groups in total. The van der Waals surface area contributed by atoms with Gasteiger partial charge < -0.3 is 9.47 Å². The second-order valence-corrected chi connectivity index (χ2v) is 5.25. The molecule has 4 heteroatoms. The fourth-order valence-electron chi connectivity index (χ4n) is 2.23. The minimum Gasteiger partial charge on any atom is -0.465 e. The molecule has 0 spiro atoms. The van der Waals surface area contributed by atoms with Crippen molar-refractivity contribution in [2.45, 2.75) is 38.7 Å². The molecule has 1 heterocycles. The van der Waals surface area contributed by atoms with E-state index in [0.29, 0.717) is 11.6 Å². The number of halogens is 1. The predicted molar refractivity (Wildman–Crippen MR) is 74.4 cm³/mol. The summed E-state index contributed by atoms with van der Waals surface area (Å²) in [7, 11) is 0. The van der Waals surface area contributed by atoms with E-state index in [1.165, 1.54) is 0 Å². The average molecular weight is 283 g/mol. The van der Waals surface area contributed by atoms with Crippen LogP contribution in [0.4, 0.5) is 0 Å². The Balaban J connectivity index is 1.76. The first-order valence-corrected chi connectivity index (χ1v) is 7.06. The SMILES string of the molecule is Cc1cccc(CC(=O)OCCC2CCCO2)c1Cl. The first kappa shape index (κ1) is 14.4. The molecule has 1 fully saturated rings. The molecule has 3 nitrogen and oxygen atoms in total. The molecule has 1 aliphatic heterocycles. The van der Waals surface area contributed by atoms with E-state index < -0.39 is 0 Å². The molecule has 0 amide bonds. The van der Waals surface area contributed by atoms with Crippen LogP contribution in [0.1, 0.15) is 30.4 Å². The topological polar surface area (TPSA) is 35.5 Å². The van der Waals surface area contributed by atoms with Crippen LogP contribution in [0.25, 0.3) is 0 Å². The molecule has 1 aromatic carbocycles. The molecule has 104 valence electrons. The maximum atomic E-state index is 11.7. The van der Waals surface area contributed by atoms with Crippen LogP contribution < -0.4 is 0 Å². The Hall–Kier alpha value is -1.06. The lowest BCUT2D eigenvalue weighted by Crippen LogP contribution is -2.14. The van der Waals surface area contributed by atoms with E-state index >= 15 is 0 Å². The molecule has 2 rings (SSSR count). The summed E-state index contributed by atoms with van der Waals surface area (Å²) in [5, 5.41) is 0.651. The van der Waals surface area contributed by atoms with Gasteiger partial charge in [-0.1, -0.05) is 29.8 Å². The van der Waals surface area contributed by atoms with Gasteiger partial charge in [-0.15, -0.1) is 0 Å². The Bertz CT molecular complexity index is 439. The highest BCUT2D eigenvalue weighted by Gasteiger charge is 2.16. The summed E-state index contributed by atoms with van der Waals surface area (Å²) in [6.07, 6.45) is 3.45. The third kappa shape index (κ3) is 4.22. The van der Waals surface area contributed by atoms with Gasteiger partial charge in [0.2, 0.25) is 0 Å². The van der Waals surface area contributed by atoms with Crippen LogP contribution in [0.5, 0.6) is 0 Å². The van der Waals surface area contributed by atoms with Crippen molar-refractivity contribution in [1.29, 1.82) is 0 Å². The number of hydrogen-bond donors (Lipinski definition) is 0. The average Bonchev–Trinajstić information content (AvgIpc) is 2.88. The Morgan fingerprint density at radius 2 is 2.37 bits per heavy atom. The smallest absolute Gasteiger partial charge is 0.310 e. The van der Waals surface area contributed by atoms with Gasteiger partial charge in [0, 0.05) is 18.1 Å². The minimum absolute atomic E-state index is 0.228. The molecule has 0 aliphatic carbocycles. The van der Waals surface area contributed by atoms with Crippen molar-refractivity contribution in [1.82, 2.24) is 0 Å². The standard InChI is InChI=1S/C15H19ClO3/c1-11-4-2-5-12(15(11)16)10-14(17)19-9-7-13-6-3-8-18-13/h2,4-5,13H,3,6-10H2,1H3. The largest absolute Gasteiger partial charge is 0.465 e. The third-order valence-corrected chi connectivity index (χ3v) is 3.87. The molecule has 0 aromatic heterocycles. The highest BCUT2D eigenvalue weighted by atomic mass is 35.5. The van der Waals surface area contributed by atoms with Crippen molar-refractivity contribution in [2.75, 3.05) is 13.2 Å². The van der Waals surface area contributed by atoms with Gasteiger partial charge in [-0.25, -0.2) is 0 Å². The third-order valence-electron chi connectivity index (χ3n) is 3.33. The van der Waals surface area contributed by atoms with Gasteiger partial charge in [0.25, 0.3) is 0 Å². The molecule has 1 aromatic rings. The Labute approximate surface area is 118 Å². The second kappa shape index (κ2) is 6.92. The van der Waals surface area contributed by atoms with Crippen LogP contribution in [0.15, 0.2) is 18.2 Å². The van der Waals surface area contributed by atoms with Crippen LogP contribution in [0.2, 0.25) is 5.02 Å². The molecule has 0 saturated carbocycles. The van der Waals surface area contributed by atoms with Gasteiger partial charge in [0.15, 0.2) is 0 Å². The number of ether oxygens (including phenoxy) is 2. The number of benzene rings is 1. The van der Waals surface area contributed by atoms with Gasteiger partial charge in [-0.3, -0.25) is 4.79 Å². The number of carbonyl (C=O) groups excluding carboxylic acids is 1. The molecule has 0 bridgehead atoms. The predicted octanol–water partition coefficient (Wildman–Crippen LogP) is 3.30. The summed E-state index contributed by atoms with van der Waals surface area (Å²) in [6.45, 7) is 3.18. The molecule has 1 aliphatic rings. The van der Waals surface area contributed by atoms with Gasteiger partial charge in [0.1, 0.15) is 0 Å². The van der Waals surface area contributed by atoms with Crippen LogP contribution >= 0.6 is 11.6 Å². The number of rotatable bonds is 5. The quantitative estimate of drug-likeness (QED) is 0.777. The van der Waals surface area contributed by atoms with Crippen molar-refractivity contribution in [3.63, 3.8) is 0 Å². The van der Waals surface area contributed by atoms with Gasteiger partial charge in [-0.05, 0) is 30.9 Å². The number of carbonyl (C=O) groups is 1. The molecule has 1 unspecified atom stereocenters. The molecular formula is C15H19ClO3. The lowest BCUT2D eigenvalue weighted by Gasteiger charge is -2.10. The first-order valence-electron chi connectivity index (χ1n) is 6.68. The number of esters is 1. The van der Waals surface area contributed by atoms with Gasteiger partial charge >= 0.3 is 5.97 Å². The normalized spacial score (nSPS) is 18.5. The number of hydrogen-bond acceptors (Lipinski definition) is 3. The Morgan fingerprint density at radius 1 is 1.53 bits per heavy atom. The van der Waals surface area contributed by atoms with E-state index in [1.54, 1.807) is 0 Å². The second-order valence-electron chi connectivity index (χ2n) is 4.87. The van der Waals surface area contributed by atoms with Crippen LogP contribution in [0, 0.1) is 6.92 Å². The van der Waals surface area contributed by atoms with Gasteiger partial charge in [-0.2, -0.15) is 0 Å². The maximum Gasteiger partial charge on any atom is 0.310 e. The van der Waals surface area contributed by atoms with Gasteiger partial charge in [0.05, 0.1) is 19.1 Å². The summed E-state index contributed by atoms with van der Waals surface area (Å²) >= 11 is 6.15. The summed E-state index contributed by atoms with van der Waals surface area (Å²) in [4.78, 5) is 11.7. The summed E-state index contributed by atoms with van der Waals surface area (Å²) in [6, 6.07) is 5.68.